The van der Waals surface area contributed by atoms with Crippen molar-refractivity contribution in [2.45, 2.75) is 30.2 Å². The average Bonchev–Trinajstić information content (AvgIpc) is 3.24. The van der Waals surface area contributed by atoms with Crippen molar-refractivity contribution in [3.05, 3.63) is 95.7 Å². The Labute approximate surface area is 210 Å². The number of carbonyl (C=O) groups excluding carboxylic acids is 1. The van der Waals surface area contributed by atoms with Crippen molar-refractivity contribution in [1.82, 2.24) is 4.31 Å². The van der Waals surface area contributed by atoms with E-state index in [1.807, 2.05) is 42.5 Å². The van der Waals surface area contributed by atoms with Gasteiger partial charge in [0, 0.05) is 41.2 Å². The second-order valence-electron chi connectivity index (χ2n) is 7.96. The molecule has 8 heteroatoms. The molecule has 35 heavy (non-hydrogen) atoms. The molecule has 4 rings (SSSR count). The number of furan rings is 1. The summed E-state index contributed by atoms with van der Waals surface area (Å²) in [5, 5.41) is 3.73. The van der Waals surface area contributed by atoms with Gasteiger partial charge in [0.2, 0.25) is 10.0 Å². The van der Waals surface area contributed by atoms with Crippen LogP contribution < -0.4 is 5.32 Å². The third kappa shape index (κ3) is 5.61. The van der Waals surface area contributed by atoms with Crippen molar-refractivity contribution in [2.75, 3.05) is 18.4 Å². The van der Waals surface area contributed by atoms with Gasteiger partial charge in [0.05, 0.1) is 4.90 Å². The Morgan fingerprint density at radius 3 is 2.37 bits per heavy atom. The van der Waals surface area contributed by atoms with Crippen LogP contribution in [-0.2, 0) is 21.5 Å². The van der Waals surface area contributed by atoms with Gasteiger partial charge < -0.3 is 9.73 Å². The molecule has 1 N–H and O–H groups in total. The van der Waals surface area contributed by atoms with E-state index in [1.54, 1.807) is 37.7 Å². The van der Waals surface area contributed by atoms with Crippen molar-refractivity contribution in [1.29, 1.82) is 0 Å². The number of para-hydroxylation sites is 1. The highest BCUT2D eigenvalue weighted by atomic mass is 32.2. The van der Waals surface area contributed by atoms with E-state index in [4.69, 9.17) is 4.42 Å². The maximum Gasteiger partial charge on any atom is 0.291 e. The zero-order valence-corrected chi connectivity index (χ0v) is 21.4. The Morgan fingerprint density at radius 2 is 1.63 bits per heavy atom. The number of anilines is 1. The highest BCUT2D eigenvalue weighted by Crippen LogP contribution is 2.31. The number of carbonyl (C=O) groups is 1. The van der Waals surface area contributed by atoms with Crippen molar-refractivity contribution in [2.24, 2.45) is 0 Å². The lowest BCUT2D eigenvalue weighted by Gasteiger charge is -2.18. The van der Waals surface area contributed by atoms with Gasteiger partial charge in [-0.2, -0.15) is 16.1 Å². The number of nitrogens with zero attached hydrogens (tertiary/aromatic N) is 1. The van der Waals surface area contributed by atoms with Crippen LogP contribution in [0.2, 0.25) is 0 Å². The SMILES string of the molecule is CCN(CC)S(=O)(=O)c1cccc(NC(=O)c2oc3ccccc3c2CSCc2ccccc2)c1. The summed E-state index contributed by atoms with van der Waals surface area (Å²) in [6.45, 7) is 4.34. The summed E-state index contributed by atoms with van der Waals surface area (Å²) in [4.78, 5) is 13.4. The van der Waals surface area contributed by atoms with Crippen LogP contribution in [0.25, 0.3) is 11.0 Å². The van der Waals surface area contributed by atoms with Gasteiger partial charge in [-0.15, -0.1) is 0 Å². The van der Waals surface area contributed by atoms with Gasteiger partial charge in [-0.3, -0.25) is 4.79 Å². The van der Waals surface area contributed by atoms with E-state index in [-0.39, 0.29) is 10.7 Å². The minimum absolute atomic E-state index is 0.141. The van der Waals surface area contributed by atoms with Crippen molar-refractivity contribution in [3.8, 4) is 0 Å². The van der Waals surface area contributed by atoms with Crippen LogP contribution in [0.5, 0.6) is 0 Å². The molecule has 1 aromatic heterocycles. The summed E-state index contributed by atoms with van der Waals surface area (Å²) in [5.41, 5.74) is 3.07. The van der Waals surface area contributed by atoms with Gasteiger partial charge >= 0.3 is 0 Å². The molecule has 0 fully saturated rings. The molecule has 6 nitrogen and oxygen atoms in total. The largest absolute Gasteiger partial charge is 0.451 e. The molecule has 182 valence electrons. The predicted molar refractivity (Wildman–Crippen MR) is 142 cm³/mol. The molecule has 0 unspecified atom stereocenters. The molecular formula is C27H28N2O4S2. The first-order valence-corrected chi connectivity index (χ1v) is 14.1. The molecule has 1 heterocycles. The standard InChI is InChI=1S/C27H28N2O4S2/c1-3-29(4-2)35(31,32)22-14-10-13-21(17-22)28-27(30)26-24(23-15-8-9-16-25(23)33-26)19-34-18-20-11-6-5-7-12-20/h5-17H,3-4,18-19H2,1-2H3,(H,28,30). The number of thioether (sulfide) groups is 1. The second kappa shape index (κ2) is 11.1. The smallest absolute Gasteiger partial charge is 0.291 e. The number of rotatable bonds is 10. The summed E-state index contributed by atoms with van der Waals surface area (Å²) in [6.07, 6.45) is 0. The molecule has 3 aromatic carbocycles. The molecule has 0 atom stereocenters. The molecule has 0 radical (unpaired) electrons. The van der Waals surface area contributed by atoms with Crippen LogP contribution >= 0.6 is 11.8 Å². The van der Waals surface area contributed by atoms with Gasteiger partial charge in [-0.05, 0) is 29.8 Å². The molecule has 1 amide bonds. The Morgan fingerprint density at radius 1 is 0.914 bits per heavy atom. The molecule has 4 aromatic rings. The maximum atomic E-state index is 13.3. The highest BCUT2D eigenvalue weighted by Gasteiger charge is 2.24. The minimum Gasteiger partial charge on any atom is -0.451 e. The quantitative estimate of drug-likeness (QED) is 0.278. The predicted octanol–water partition coefficient (Wildman–Crippen LogP) is 6.15. The van der Waals surface area contributed by atoms with Gasteiger partial charge in [0.1, 0.15) is 5.58 Å². The minimum atomic E-state index is -3.64. The molecule has 0 aliphatic rings. The van der Waals surface area contributed by atoms with Crippen molar-refractivity contribution < 1.29 is 17.6 Å². The Kier molecular flexibility index (Phi) is 7.95. The summed E-state index contributed by atoms with van der Waals surface area (Å²) < 4.78 is 33.1. The van der Waals surface area contributed by atoms with Gasteiger partial charge in [-0.1, -0.05) is 68.4 Å². The number of amides is 1. The van der Waals surface area contributed by atoms with Gasteiger partial charge in [-0.25, -0.2) is 8.42 Å². The first kappa shape index (κ1) is 25.0. The number of nitrogens with one attached hydrogen (secondary N) is 1. The van der Waals surface area contributed by atoms with E-state index in [9.17, 15) is 13.2 Å². The van der Waals surface area contributed by atoms with Crippen LogP contribution in [0.4, 0.5) is 5.69 Å². The topological polar surface area (TPSA) is 79.6 Å². The first-order valence-electron chi connectivity index (χ1n) is 11.5. The lowest BCUT2D eigenvalue weighted by molar-refractivity contribution is 0.0997. The average molecular weight is 509 g/mol. The van der Waals surface area contributed by atoms with Crippen molar-refractivity contribution in [3.63, 3.8) is 0 Å². The Bertz CT molecular complexity index is 1410. The van der Waals surface area contributed by atoms with E-state index >= 15 is 0 Å². The van der Waals surface area contributed by atoms with Crippen LogP contribution in [-0.4, -0.2) is 31.7 Å². The molecule has 0 spiro atoms. The summed E-state index contributed by atoms with van der Waals surface area (Å²) >= 11 is 1.71. The molecule has 0 aliphatic heterocycles. The Hall–Kier alpha value is -3.07. The lowest BCUT2D eigenvalue weighted by Crippen LogP contribution is -2.30. The van der Waals surface area contributed by atoms with E-state index in [1.165, 1.54) is 22.0 Å². The monoisotopic (exact) mass is 508 g/mol. The van der Waals surface area contributed by atoms with Gasteiger partial charge in [0.15, 0.2) is 5.76 Å². The fraction of sp³-hybridized carbons (Fsp3) is 0.222. The van der Waals surface area contributed by atoms with E-state index in [0.717, 1.165) is 16.7 Å². The third-order valence-electron chi connectivity index (χ3n) is 5.70. The number of hydrogen-bond acceptors (Lipinski definition) is 5. The fourth-order valence-corrected chi connectivity index (χ4v) is 6.43. The zero-order chi connectivity index (χ0) is 24.8. The summed E-state index contributed by atoms with van der Waals surface area (Å²) in [5.74, 6) is 1.25. The first-order chi connectivity index (χ1) is 16.9. The Balaban J connectivity index is 1.58. The van der Waals surface area contributed by atoms with Gasteiger partial charge in [0.25, 0.3) is 5.91 Å². The summed E-state index contributed by atoms with van der Waals surface area (Å²) in [7, 11) is -3.64. The second-order valence-corrected chi connectivity index (χ2v) is 10.9. The van der Waals surface area contributed by atoms with Crippen molar-refractivity contribution >= 4 is 44.3 Å². The zero-order valence-electron chi connectivity index (χ0n) is 19.7. The molecular weight excluding hydrogens is 480 g/mol. The van der Waals surface area contributed by atoms with Crippen LogP contribution in [0.1, 0.15) is 35.5 Å². The third-order valence-corrected chi connectivity index (χ3v) is 8.77. The maximum absolute atomic E-state index is 13.3. The highest BCUT2D eigenvalue weighted by molar-refractivity contribution is 7.97. The number of sulfonamides is 1. The van der Waals surface area contributed by atoms with Crippen LogP contribution in [0.15, 0.2) is 88.2 Å². The summed E-state index contributed by atoms with van der Waals surface area (Å²) in [6, 6.07) is 24.1. The molecule has 0 saturated carbocycles. The molecule has 0 bridgehead atoms. The fourth-order valence-electron chi connectivity index (χ4n) is 3.91. The lowest BCUT2D eigenvalue weighted by atomic mass is 10.1. The normalized spacial score (nSPS) is 11.7. The number of benzene rings is 3. The van der Waals surface area contributed by atoms with E-state index in [0.29, 0.717) is 30.1 Å². The molecule has 0 aliphatic carbocycles. The van der Waals surface area contributed by atoms with Crippen LogP contribution in [0, 0.1) is 0 Å². The number of fused-ring (bicyclic) bond motifs is 1. The molecule has 0 saturated heterocycles. The van der Waals surface area contributed by atoms with E-state index in [2.05, 4.69) is 17.4 Å². The van der Waals surface area contributed by atoms with E-state index < -0.39 is 15.9 Å². The number of hydrogen-bond donors (Lipinski definition) is 1. The van der Waals surface area contributed by atoms with Crippen LogP contribution in [0.3, 0.4) is 0 Å².